The molecule has 0 radical (unpaired) electrons. The van der Waals surface area contributed by atoms with Crippen molar-refractivity contribution >= 4 is 6.09 Å². The van der Waals surface area contributed by atoms with Gasteiger partial charge in [-0.1, -0.05) is 0 Å². The van der Waals surface area contributed by atoms with Crippen LogP contribution in [0, 0.1) is 11.3 Å². The van der Waals surface area contributed by atoms with E-state index < -0.39 is 11.6 Å². The number of hydrogen-bond acceptors (Lipinski definition) is 5. The van der Waals surface area contributed by atoms with Crippen LogP contribution in [0.1, 0.15) is 52.0 Å². The molecule has 1 aliphatic rings. The topological polar surface area (TPSA) is 95.7 Å². The molecule has 1 fully saturated rings. The molecule has 1 saturated carbocycles. The maximum Gasteiger partial charge on any atom is 0.407 e. The van der Waals surface area contributed by atoms with Gasteiger partial charge in [-0.15, -0.1) is 0 Å². The predicted molar refractivity (Wildman–Crippen MR) is 91.8 cm³/mol. The Hall–Kier alpha value is -2.49. The van der Waals surface area contributed by atoms with Gasteiger partial charge in [-0.05, 0) is 52.5 Å². The van der Waals surface area contributed by atoms with Gasteiger partial charge in [0.2, 0.25) is 11.8 Å². The van der Waals surface area contributed by atoms with Crippen LogP contribution in [0.4, 0.5) is 4.79 Å². The first-order valence-corrected chi connectivity index (χ1v) is 8.40. The van der Waals surface area contributed by atoms with Gasteiger partial charge >= 0.3 is 6.09 Å². The van der Waals surface area contributed by atoms with Gasteiger partial charge in [0.05, 0.1) is 7.11 Å². The van der Waals surface area contributed by atoms with E-state index in [0.29, 0.717) is 11.4 Å². The molecule has 136 valence electrons. The summed E-state index contributed by atoms with van der Waals surface area (Å²) in [7, 11) is 1.46. The summed E-state index contributed by atoms with van der Waals surface area (Å²) in [6, 6.07) is 5.30. The van der Waals surface area contributed by atoms with E-state index in [1.807, 2.05) is 26.8 Å². The van der Waals surface area contributed by atoms with E-state index in [2.05, 4.69) is 4.98 Å². The SMILES string of the molecule is COc1nc(O[C@H]2CC[C@H](N(C(=O)O)C(C)(C)C)CC2)ccc1C#N. The zero-order chi connectivity index (χ0) is 18.6. The van der Waals surface area contributed by atoms with Crippen LogP contribution in [0.5, 0.6) is 11.8 Å². The number of pyridine rings is 1. The highest BCUT2D eigenvalue weighted by Gasteiger charge is 2.36. The smallest absolute Gasteiger partial charge is 0.407 e. The Morgan fingerprint density at radius 3 is 2.44 bits per heavy atom. The second-order valence-corrected chi connectivity index (χ2v) is 7.19. The molecule has 1 aliphatic carbocycles. The molecule has 0 aliphatic heterocycles. The molecular weight excluding hydrogens is 322 g/mol. The third kappa shape index (κ3) is 4.53. The molecule has 1 amide bonds. The maximum atomic E-state index is 11.6. The summed E-state index contributed by atoms with van der Waals surface area (Å²) in [4.78, 5) is 17.3. The lowest BCUT2D eigenvalue weighted by Crippen LogP contribution is -2.52. The molecule has 0 spiro atoms. The fourth-order valence-corrected chi connectivity index (χ4v) is 3.31. The van der Waals surface area contributed by atoms with Gasteiger partial charge in [-0.25, -0.2) is 4.79 Å². The number of aromatic nitrogens is 1. The molecule has 0 unspecified atom stereocenters. The summed E-state index contributed by atoms with van der Waals surface area (Å²) in [5, 5.41) is 18.5. The summed E-state index contributed by atoms with van der Waals surface area (Å²) < 4.78 is 11.0. The van der Waals surface area contributed by atoms with Crippen molar-refractivity contribution in [2.45, 2.75) is 64.1 Å². The van der Waals surface area contributed by atoms with Gasteiger partial charge in [0, 0.05) is 17.6 Å². The van der Waals surface area contributed by atoms with Crippen LogP contribution in [0.2, 0.25) is 0 Å². The van der Waals surface area contributed by atoms with Crippen molar-refractivity contribution in [1.82, 2.24) is 9.88 Å². The Morgan fingerprint density at radius 2 is 1.96 bits per heavy atom. The molecule has 1 heterocycles. The van der Waals surface area contributed by atoms with Crippen molar-refractivity contribution in [3.05, 3.63) is 17.7 Å². The number of rotatable bonds is 4. The molecule has 2 rings (SSSR count). The second-order valence-electron chi connectivity index (χ2n) is 7.19. The number of nitriles is 1. The van der Waals surface area contributed by atoms with Gasteiger partial charge in [0.15, 0.2) is 0 Å². The van der Waals surface area contributed by atoms with Crippen molar-refractivity contribution in [1.29, 1.82) is 5.26 Å². The minimum Gasteiger partial charge on any atom is -0.480 e. The molecule has 25 heavy (non-hydrogen) atoms. The lowest BCUT2D eigenvalue weighted by molar-refractivity contribution is 0.0358. The van der Waals surface area contributed by atoms with E-state index in [1.165, 1.54) is 7.11 Å². The number of amides is 1. The Kier molecular flexibility index (Phi) is 5.73. The Balaban J connectivity index is 1.99. The average molecular weight is 347 g/mol. The highest BCUT2D eigenvalue weighted by atomic mass is 16.5. The fourth-order valence-electron chi connectivity index (χ4n) is 3.31. The van der Waals surface area contributed by atoms with Crippen molar-refractivity contribution in [3.63, 3.8) is 0 Å². The second kappa shape index (κ2) is 7.60. The van der Waals surface area contributed by atoms with Crippen LogP contribution in [-0.2, 0) is 0 Å². The number of carbonyl (C=O) groups is 1. The van der Waals surface area contributed by atoms with Gasteiger partial charge in [-0.3, -0.25) is 0 Å². The third-order valence-electron chi connectivity index (χ3n) is 4.37. The summed E-state index contributed by atoms with van der Waals surface area (Å²) >= 11 is 0. The molecule has 7 nitrogen and oxygen atoms in total. The Labute approximate surface area is 148 Å². The highest BCUT2D eigenvalue weighted by molar-refractivity contribution is 5.66. The molecule has 0 atom stereocenters. The fraction of sp³-hybridized carbons (Fsp3) is 0.611. The molecule has 1 aromatic heterocycles. The largest absolute Gasteiger partial charge is 0.480 e. The van der Waals surface area contributed by atoms with E-state index >= 15 is 0 Å². The highest BCUT2D eigenvalue weighted by Crippen LogP contribution is 2.31. The van der Waals surface area contributed by atoms with E-state index in [-0.39, 0.29) is 18.0 Å². The summed E-state index contributed by atoms with van der Waals surface area (Å²) in [6.45, 7) is 5.74. The first kappa shape index (κ1) is 18.8. The van der Waals surface area contributed by atoms with Crippen LogP contribution in [0.3, 0.4) is 0 Å². The lowest BCUT2D eigenvalue weighted by atomic mass is 9.89. The van der Waals surface area contributed by atoms with E-state index in [0.717, 1.165) is 25.7 Å². The van der Waals surface area contributed by atoms with Gasteiger partial charge < -0.3 is 19.5 Å². The van der Waals surface area contributed by atoms with E-state index in [1.54, 1.807) is 17.0 Å². The molecular formula is C18H25N3O4. The van der Waals surface area contributed by atoms with E-state index in [4.69, 9.17) is 14.7 Å². The summed E-state index contributed by atoms with van der Waals surface area (Å²) in [5.41, 5.74) is -0.0625. The van der Waals surface area contributed by atoms with Crippen molar-refractivity contribution < 1.29 is 19.4 Å². The Bertz CT molecular complexity index is 655. The quantitative estimate of drug-likeness (QED) is 0.896. The minimum atomic E-state index is -0.879. The first-order valence-electron chi connectivity index (χ1n) is 8.40. The molecule has 1 N–H and O–H groups in total. The van der Waals surface area contributed by atoms with E-state index in [9.17, 15) is 9.90 Å². The van der Waals surface area contributed by atoms with Crippen molar-refractivity contribution in [2.24, 2.45) is 0 Å². The van der Waals surface area contributed by atoms with Crippen LogP contribution >= 0.6 is 0 Å². The Morgan fingerprint density at radius 1 is 1.32 bits per heavy atom. The number of nitrogens with zero attached hydrogens (tertiary/aromatic N) is 3. The number of carboxylic acid groups (broad SMARTS) is 1. The zero-order valence-corrected chi connectivity index (χ0v) is 15.2. The average Bonchev–Trinajstić information content (AvgIpc) is 2.55. The van der Waals surface area contributed by atoms with Crippen molar-refractivity contribution in [3.8, 4) is 17.8 Å². The van der Waals surface area contributed by atoms with Crippen LogP contribution < -0.4 is 9.47 Å². The lowest BCUT2D eigenvalue weighted by Gasteiger charge is -2.42. The minimum absolute atomic E-state index is 0.000750. The predicted octanol–water partition coefficient (Wildman–Crippen LogP) is 3.43. The number of ether oxygens (including phenoxy) is 2. The molecule has 0 saturated heterocycles. The van der Waals surface area contributed by atoms with Gasteiger partial charge in [0.1, 0.15) is 17.7 Å². The third-order valence-corrected chi connectivity index (χ3v) is 4.37. The normalized spacial score (nSPS) is 20.4. The molecule has 7 heteroatoms. The van der Waals surface area contributed by atoms with Gasteiger partial charge in [0.25, 0.3) is 0 Å². The molecule has 0 bridgehead atoms. The summed E-state index contributed by atoms with van der Waals surface area (Å²) in [5.74, 6) is 0.670. The van der Waals surface area contributed by atoms with Crippen LogP contribution in [0.25, 0.3) is 0 Å². The number of methoxy groups -OCH3 is 1. The standard InChI is InChI=1S/C18H25N3O4/c1-18(2,3)21(17(22)23)13-6-8-14(9-7-13)25-15-10-5-12(11-19)16(20-15)24-4/h5,10,13-14H,6-9H2,1-4H3,(H,22,23)/t13-,14-. The molecule has 1 aromatic rings. The number of hydrogen-bond donors (Lipinski definition) is 1. The van der Waals surface area contributed by atoms with Crippen LogP contribution in [0.15, 0.2) is 12.1 Å². The zero-order valence-electron chi connectivity index (χ0n) is 15.2. The van der Waals surface area contributed by atoms with Crippen LogP contribution in [-0.4, -0.2) is 45.9 Å². The first-order chi connectivity index (χ1) is 11.8. The van der Waals surface area contributed by atoms with Crippen molar-refractivity contribution in [2.75, 3.05) is 7.11 Å². The van der Waals surface area contributed by atoms with Gasteiger partial charge in [-0.2, -0.15) is 10.2 Å². The summed E-state index contributed by atoms with van der Waals surface area (Å²) in [6.07, 6.45) is 2.12. The maximum absolute atomic E-state index is 11.6. The monoisotopic (exact) mass is 347 g/mol. The molecule has 0 aromatic carbocycles.